The van der Waals surface area contributed by atoms with E-state index in [1.54, 1.807) is 0 Å². The lowest BCUT2D eigenvalue weighted by Crippen LogP contribution is -2.51. The molecule has 0 atom stereocenters. The minimum absolute atomic E-state index is 0.601. The number of likely N-dealkylation sites (N-methyl/N-ethyl adjacent to an activating group) is 1. The van der Waals surface area contributed by atoms with Crippen molar-refractivity contribution in [1.82, 2.24) is 20.0 Å². The number of rotatable bonds is 6. The summed E-state index contributed by atoms with van der Waals surface area (Å²) in [6.07, 6.45) is 0. The van der Waals surface area contributed by atoms with Crippen LogP contribution in [0, 0.1) is 0 Å². The Kier molecular flexibility index (Phi) is 7.46. The van der Waals surface area contributed by atoms with Gasteiger partial charge in [0, 0.05) is 45.8 Å². The maximum Gasteiger partial charge on any atom is 0.169 e. The molecule has 1 aromatic rings. The summed E-state index contributed by atoms with van der Waals surface area (Å²) < 4.78 is 0. The Hall–Kier alpha value is -1.17. The second-order valence-electron chi connectivity index (χ2n) is 7.19. The molecule has 24 heavy (non-hydrogen) atoms. The van der Waals surface area contributed by atoms with Crippen molar-refractivity contribution in [3.8, 4) is 0 Å². The first kappa shape index (κ1) is 19.2. The number of hydrogen-bond acceptors (Lipinski definition) is 3. The molecule has 1 aliphatic rings. The summed E-state index contributed by atoms with van der Waals surface area (Å²) in [6.45, 7) is 11.6. The van der Waals surface area contributed by atoms with E-state index in [1.165, 1.54) is 11.1 Å². The van der Waals surface area contributed by atoms with Crippen molar-refractivity contribution in [2.75, 3.05) is 53.4 Å². The fourth-order valence-corrected chi connectivity index (χ4v) is 3.16. The molecule has 0 saturated carbocycles. The molecule has 1 saturated heterocycles. The Morgan fingerprint density at radius 2 is 1.75 bits per heavy atom. The van der Waals surface area contributed by atoms with Gasteiger partial charge in [0.2, 0.25) is 0 Å². The number of hydrogen-bond donors (Lipinski definition) is 1. The van der Waals surface area contributed by atoms with Gasteiger partial charge in [-0.15, -0.1) is 0 Å². The Morgan fingerprint density at radius 1 is 1.12 bits per heavy atom. The summed E-state index contributed by atoms with van der Waals surface area (Å²) in [6, 6.07) is 9.07. The molecule has 5 heteroatoms. The number of nitrogens with one attached hydrogen (secondary N) is 1. The van der Waals surface area contributed by atoms with Crippen LogP contribution in [-0.4, -0.2) is 73.2 Å². The SMILES string of the molecule is CC(C)c1ccc(CN2CCN(C(=S)NCCN(C)C)CC2)cc1. The fourth-order valence-electron chi connectivity index (χ4n) is 2.87. The van der Waals surface area contributed by atoms with Crippen LogP contribution in [0.25, 0.3) is 0 Å². The molecule has 0 aromatic heterocycles. The predicted molar refractivity (Wildman–Crippen MR) is 107 cm³/mol. The fraction of sp³-hybridized carbons (Fsp3) is 0.632. The summed E-state index contributed by atoms with van der Waals surface area (Å²) >= 11 is 5.51. The van der Waals surface area contributed by atoms with Crippen LogP contribution >= 0.6 is 12.2 Å². The Bertz CT molecular complexity index is 505. The lowest BCUT2D eigenvalue weighted by molar-refractivity contribution is 0.174. The summed E-state index contributed by atoms with van der Waals surface area (Å²) in [5, 5.41) is 4.26. The molecule has 0 radical (unpaired) electrons. The first-order valence-electron chi connectivity index (χ1n) is 8.94. The summed E-state index contributed by atoms with van der Waals surface area (Å²) in [5.41, 5.74) is 2.82. The van der Waals surface area contributed by atoms with Gasteiger partial charge in [-0.05, 0) is 43.4 Å². The normalized spacial score (nSPS) is 16.0. The highest BCUT2D eigenvalue weighted by Crippen LogP contribution is 2.16. The van der Waals surface area contributed by atoms with Gasteiger partial charge in [0.25, 0.3) is 0 Å². The monoisotopic (exact) mass is 348 g/mol. The number of piperazine rings is 1. The first-order valence-corrected chi connectivity index (χ1v) is 9.35. The highest BCUT2D eigenvalue weighted by atomic mass is 32.1. The Morgan fingerprint density at radius 3 is 2.29 bits per heavy atom. The van der Waals surface area contributed by atoms with Gasteiger partial charge in [0.1, 0.15) is 0 Å². The van der Waals surface area contributed by atoms with E-state index in [9.17, 15) is 0 Å². The van der Waals surface area contributed by atoms with Gasteiger partial charge >= 0.3 is 0 Å². The molecular formula is C19H32N4S. The second kappa shape index (κ2) is 9.35. The van der Waals surface area contributed by atoms with Crippen molar-refractivity contribution in [3.63, 3.8) is 0 Å². The van der Waals surface area contributed by atoms with Crippen molar-refractivity contribution >= 4 is 17.3 Å². The number of benzene rings is 1. The molecule has 1 N–H and O–H groups in total. The average Bonchev–Trinajstić information content (AvgIpc) is 2.55. The van der Waals surface area contributed by atoms with Gasteiger partial charge in [0.05, 0.1) is 0 Å². The third-order valence-electron chi connectivity index (χ3n) is 4.55. The van der Waals surface area contributed by atoms with Gasteiger partial charge in [-0.1, -0.05) is 38.1 Å². The third-order valence-corrected chi connectivity index (χ3v) is 4.95. The molecule has 4 nitrogen and oxygen atoms in total. The smallest absolute Gasteiger partial charge is 0.169 e. The predicted octanol–water partition coefficient (Wildman–Crippen LogP) is 2.36. The third kappa shape index (κ3) is 6.04. The van der Waals surface area contributed by atoms with Crippen molar-refractivity contribution < 1.29 is 0 Å². The molecule has 0 bridgehead atoms. The zero-order valence-corrected chi connectivity index (χ0v) is 16.4. The highest BCUT2D eigenvalue weighted by Gasteiger charge is 2.18. The van der Waals surface area contributed by atoms with Crippen LogP contribution in [0.5, 0.6) is 0 Å². The Balaban J connectivity index is 1.73. The minimum Gasteiger partial charge on any atom is -0.361 e. The lowest BCUT2D eigenvalue weighted by atomic mass is 10.0. The zero-order valence-electron chi connectivity index (χ0n) is 15.6. The van der Waals surface area contributed by atoms with Crippen LogP contribution in [0.1, 0.15) is 30.9 Å². The van der Waals surface area contributed by atoms with Crippen LogP contribution in [0.3, 0.4) is 0 Å². The highest BCUT2D eigenvalue weighted by molar-refractivity contribution is 7.80. The topological polar surface area (TPSA) is 21.8 Å². The molecule has 0 spiro atoms. The van der Waals surface area contributed by atoms with Gasteiger partial charge in [-0.3, -0.25) is 4.90 Å². The van der Waals surface area contributed by atoms with Crippen LogP contribution in [-0.2, 0) is 6.54 Å². The van der Waals surface area contributed by atoms with Gasteiger partial charge < -0.3 is 15.1 Å². The van der Waals surface area contributed by atoms with E-state index in [1.807, 2.05) is 0 Å². The lowest BCUT2D eigenvalue weighted by Gasteiger charge is -2.36. The maximum atomic E-state index is 5.51. The van der Waals surface area contributed by atoms with Gasteiger partial charge in [-0.25, -0.2) is 0 Å². The van der Waals surface area contributed by atoms with Crippen molar-refractivity contribution in [2.24, 2.45) is 0 Å². The molecule has 0 aliphatic carbocycles. The number of nitrogens with zero attached hydrogens (tertiary/aromatic N) is 3. The van der Waals surface area contributed by atoms with Crippen LogP contribution in [0.2, 0.25) is 0 Å². The van der Waals surface area contributed by atoms with E-state index in [4.69, 9.17) is 12.2 Å². The van der Waals surface area contributed by atoms with E-state index in [0.717, 1.165) is 50.9 Å². The maximum absolute atomic E-state index is 5.51. The molecule has 2 rings (SSSR count). The summed E-state index contributed by atoms with van der Waals surface area (Å²) in [4.78, 5) is 6.98. The van der Waals surface area contributed by atoms with Crippen LogP contribution in [0.4, 0.5) is 0 Å². The summed E-state index contributed by atoms with van der Waals surface area (Å²) in [7, 11) is 4.16. The Labute approximate surface area is 152 Å². The van der Waals surface area contributed by atoms with Crippen LogP contribution < -0.4 is 5.32 Å². The molecular weight excluding hydrogens is 316 g/mol. The molecule has 134 valence electrons. The molecule has 1 aromatic carbocycles. The molecule has 1 heterocycles. The largest absolute Gasteiger partial charge is 0.361 e. The van der Waals surface area contributed by atoms with Gasteiger partial charge in [-0.2, -0.15) is 0 Å². The van der Waals surface area contributed by atoms with E-state index in [2.05, 4.69) is 72.2 Å². The zero-order chi connectivity index (χ0) is 17.5. The van der Waals surface area contributed by atoms with E-state index < -0.39 is 0 Å². The molecule has 1 aliphatic heterocycles. The molecule has 0 amide bonds. The van der Waals surface area contributed by atoms with E-state index >= 15 is 0 Å². The quantitative estimate of drug-likeness (QED) is 0.795. The molecule has 0 unspecified atom stereocenters. The van der Waals surface area contributed by atoms with Crippen molar-refractivity contribution in [2.45, 2.75) is 26.3 Å². The standard InChI is InChI=1S/C19H32N4S/c1-16(2)18-7-5-17(6-8-18)15-22-11-13-23(14-12-22)19(24)20-9-10-21(3)4/h5-8,16H,9-15H2,1-4H3,(H,20,24). The van der Waals surface area contributed by atoms with Crippen molar-refractivity contribution in [3.05, 3.63) is 35.4 Å². The number of thiocarbonyl (C=S) groups is 1. The van der Waals surface area contributed by atoms with E-state index in [-0.39, 0.29) is 0 Å². The minimum atomic E-state index is 0.601. The van der Waals surface area contributed by atoms with Crippen molar-refractivity contribution in [1.29, 1.82) is 0 Å². The first-order chi connectivity index (χ1) is 11.5. The van der Waals surface area contributed by atoms with Crippen LogP contribution in [0.15, 0.2) is 24.3 Å². The molecule has 1 fully saturated rings. The summed E-state index contributed by atoms with van der Waals surface area (Å²) in [5.74, 6) is 0.601. The van der Waals surface area contributed by atoms with E-state index in [0.29, 0.717) is 5.92 Å². The second-order valence-corrected chi connectivity index (χ2v) is 7.58. The average molecular weight is 349 g/mol. The van der Waals surface area contributed by atoms with Gasteiger partial charge in [0.15, 0.2) is 5.11 Å².